The van der Waals surface area contributed by atoms with Crippen LogP contribution in [-0.4, -0.2) is 0 Å². The maximum absolute atomic E-state index is 2.23. The summed E-state index contributed by atoms with van der Waals surface area (Å²) in [6, 6.07) is 61.6. The van der Waals surface area contributed by atoms with Crippen LogP contribution < -0.4 is 0 Å². The summed E-state index contributed by atoms with van der Waals surface area (Å²) in [4.78, 5) is 0. The van der Waals surface area contributed by atoms with E-state index >= 15 is 0 Å². The smallest absolute Gasteiger partial charge is 0.0398 e. The van der Waals surface area contributed by atoms with Crippen molar-refractivity contribution in [2.24, 2.45) is 0 Å². The molecule has 0 N–H and O–H groups in total. The average Bonchev–Trinajstić information content (AvgIpc) is 3.11. The lowest BCUT2D eigenvalue weighted by molar-refractivity contribution is 0.702. The van der Waals surface area contributed by atoms with Crippen molar-refractivity contribution in [3.63, 3.8) is 0 Å². The Balaban J connectivity index is 0.000000537. The monoisotopic (exact) mass is 638 g/mol. The van der Waals surface area contributed by atoms with Crippen molar-refractivity contribution in [1.29, 1.82) is 0 Å². The number of unbranched alkanes of at least 4 members (excludes halogenated alkanes) is 3. The lowest BCUT2D eigenvalue weighted by atomic mass is 10.2. The zero-order chi connectivity index (χ0) is 35.5. The van der Waals surface area contributed by atoms with Crippen LogP contribution in [0.5, 0.6) is 0 Å². The van der Waals surface area contributed by atoms with Gasteiger partial charge in [-0.15, -0.1) is 0 Å². The van der Waals surface area contributed by atoms with E-state index in [4.69, 9.17) is 0 Å². The zero-order valence-electron chi connectivity index (χ0n) is 31.1. The van der Waals surface area contributed by atoms with Gasteiger partial charge in [0.1, 0.15) is 0 Å². The number of aryl methyl sites for hydroxylation is 6. The molecule has 0 saturated heterocycles. The van der Waals surface area contributed by atoms with Crippen molar-refractivity contribution in [3.8, 4) is 0 Å². The van der Waals surface area contributed by atoms with Crippen LogP contribution in [0.15, 0.2) is 182 Å². The first-order valence-electron chi connectivity index (χ1n) is 17.4. The van der Waals surface area contributed by atoms with E-state index in [9.17, 15) is 0 Å². The minimum atomic E-state index is 1.32. The van der Waals surface area contributed by atoms with E-state index in [2.05, 4.69) is 128 Å². The molecule has 0 aliphatic heterocycles. The van der Waals surface area contributed by atoms with E-state index in [1.54, 1.807) is 0 Å². The fourth-order valence-corrected chi connectivity index (χ4v) is 3.71. The zero-order valence-corrected chi connectivity index (χ0v) is 31.1. The van der Waals surface area contributed by atoms with Crippen LogP contribution >= 0.6 is 0 Å². The molecule has 0 fully saturated rings. The van der Waals surface area contributed by atoms with Gasteiger partial charge in [0.05, 0.1) is 0 Å². The van der Waals surface area contributed by atoms with Gasteiger partial charge < -0.3 is 0 Å². The molecule has 0 atom stereocenters. The summed E-state index contributed by atoms with van der Waals surface area (Å²) in [5.41, 5.74) is 7.93. The Hall–Kier alpha value is -4.68. The fraction of sp³-hybridized carbons (Fsp3) is 0.250. The molecule has 0 aliphatic carbocycles. The summed E-state index contributed by atoms with van der Waals surface area (Å²) in [5.74, 6) is 0. The number of benzene rings is 6. The molecule has 0 nitrogen and oxygen atoms in total. The molecule has 48 heavy (non-hydrogen) atoms. The van der Waals surface area contributed by atoms with Crippen molar-refractivity contribution in [3.05, 3.63) is 215 Å². The molecular formula is C48H62. The lowest BCUT2D eigenvalue weighted by Gasteiger charge is -1.86. The molecule has 0 bridgehead atoms. The topological polar surface area (TPSA) is 0 Å². The predicted octanol–water partition coefficient (Wildman–Crippen LogP) is 14.6. The maximum Gasteiger partial charge on any atom is -0.0398 e. The third kappa shape index (κ3) is 31.3. The van der Waals surface area contributed by atoms with Gasteiger partial charge in [-0.05, 0) is 41.5 Å². The first-order chi connectivity index (χ1) is 23.3. The third-order valence-electron chi connectivity index (χ3n) is 6.60. The van der Waals surface area contributed by atoms with E-state index in [1.165, 1.54) is 59.1 Å². The van der Waals surface area contributed by atoms with Crippen LogP contribution in [0.4, 0.5) is 0 Å². The molecule has 6 aromatic rings. The van der Waals surface area contributed by atoms with E-state index in [-0.39, 0.29) is 0 Å². The molecule has 0 heterocycles. The normalized spacial score (nSPS) is 8.75. The third-order valence-corrected chi connectivity index (χ3v) is 6.60. The summed E-state index contributed by atoms with van der Waals surface area (Å²) in [6.07, 6.45) is 5.54. The predicted molar refractivity (Wildman–Crippen MR) is 217 cm³/mol. The van der Waals surface area contributed by atoms with Gasteiger partial charge >= 0.3 is 0 Å². The Kier molecular flexibility index (Phi) is 29.1. The van der Waals surface area contributed by atoms with E-state index in [1.807, 2.05) is 109 Å². The Morgan fingerprint density at radius 2 is 0.354 bits per heavy atom. The van der Waals surface area contributed by atoms with Crippen molar-refractivity contribution in [1.82, 2.24) is 0 Å². The van der Waals surface area contributed by atoms with Gasteiger partial charge in [0, 0.05) is 0 Å². The molecule has 0 amide bonds. The van der Waals surface area contributed by atoms with Crippen LogP contribution in [0, 0.1) is 41.5 Å². The largest absolute Gasteiger partial charge is 0.0654 e. The second kappa shape index (κ2) is 32.3. The average molecular weight is 639 g/mol. The summed E-state index contributed by atoms with van der Waals surface area (Å²) in [5, 5.41) is 0. The van der Waals surface area contributed by atoms with Gasteiger partial charge in [-0.1, -0.05) is 255 Å². The molecule has 6 rings (SSSR count). The second-order valence-electron chi connectivity index (χ2n) is 11.6. The highest BCUT2D eigenvalue weighted by Gasteiger charge is 1.76. The number of hydrogen-bond acceptors (Lipinski definition) is 0. The summed E-state index contributed by atoms with van der Waals surface area (Å²) < 4.78 is 0. The van der Waals surface area contributed by atoms with Crippen LogP contribution in [0.1, 0.15) is 72.9 Å². The fourth-order valence-electron chi connectivity index (χ4n) is 3.71. The second-order valence-corrected chi connectivity index (χ2v) is 11.6. The SMILES string of the molecule is CCCCCC.Cc1ccccc1.Cc1ccccc1.Cc1ccccc1.Cc1ccccc1.Cc1ccccc1.Cc1ccccc1. The first kappa shape index (κ1) is 43.3. The van der Waals surface area contributed by atoms with Crippen molar-refractivity contribution in [2.75, 3.05) is 0 Å². The Morgan fingerprint density at radius 3 is 0.417 bits per heavy atom. The van der Waals surface area contributed by atoms with Crippen molar-refractivity contribution >= 4 is 0 Å². The van der Waals surface area contributed by atoms with Crippen LogP contribution in [-0.2, 0) is 0 Å². The van der Waals surface area contributed by atoms with E-state index in [0.717, 1.165) is 0 Å². The summed E-state index contributed by atoms with van der Waals surface area (Å²) in [7, 11) is 0. The molecule has 0 aliphatic rings. The molecule has 0 aromatic heterocycles. The first-order valence-corrected chi connectivity index (χ1v) is 17.4. The molecule has 254 valence electrons. The summed E-state index contributed by atoms with van der Waals surface area (Å²) >= 11 is 0. The maximum atomic E-state index is 2.23. The molecule has 0 saturated carbocycles. The van der Waals surface area contributed by atoms with Crippen LogP contribution in [0.2, 0.25) is 0 Å². The Bertz CT molecular complexity index is 1130. The van der Waals surface area contributed by atoms with Gasteiger partial charge in [0.25, 0.3) is 0 Å². The quantitative estimate of drug-likeness (QED) is 0.169. The van der Waals surface area contributed by atoms with E-state index in [0.29, 0.717) is 0 Å². The Labute approximate surface area is 295 Å². The standard InChI is InChI=1S/6C7H8.C6H14/c6*1-7-5-3-2-4-6-7;1-3-5-6-4-2/h6*2-6H,1H3;3-6H2,1-2H3. The van der Waals surface area contributed by atoms with Gasteiger partial charge in [-0.25, -0.2) is 0 Å². The number of hydrogen-bond donors (Lipinski definition) is 0. The highest BCUT2D eigenvalue weighted by Crippen LogP contribution is 1.96. The molecule has 0 heteroatoms. The molecular weight excluding hydrogens is 577 g/mol. The molecule has 6 aromatic carbocycles. The minimum absolute atomic E-state index is 1.32. The van der Waals surface area contributed by atoms with Crippen LogP contribution in [0.3, 0.4) is 0 Å². The molecule has 0 spiro atoms. The van der Waals surface area contributed by atoms with Gasteiger partial charge in [-0.2, -0.15) is 0 Å². The van der Waals surface area contributed by atoms with Crippen molar-refractivity contribution < 1.29 is 0 Å². The highest BCUT2D eigenvalue weighted by molar-refractivity contribution is 5.14. The van der Waals surface area contributed by atoms with Crippen molar-refractivity contribution in [2.45, 2.75) is 81.1 Å². The van der Waals surface area contributed by atoms with Gasteiger partial charge in [0.15, 0.2) is 0 Å². The van der Waals surface area contributed by atoms with Crippen LogP contribution in [0.25, 0.3) is 0 Å². The summed E-state index contributed by atoms with van der Waals surface area (Å²) in [6.45, 7) is 17.0. The minimum Gasteiger partial charge on any atom is -0.0654 e. The highest BCUT2D eigenvalue weighted by atomic mass is 13.8. The number of rotatable bonds is 3. The Morgan fingerprint density at radius 1 is 0.229 bits per heavy atom. The molecule has 0 unspecified atom stereocenters. The molecule has 0 radical (unpaired) electrons. The lowest BCUT2D eigenvalue weighted by Crippen LogP contribution is -1.66. The van der Waals surface area contributed by atoms with Gasteiger partial charge in [-0.3, -0.25) is 0 Å². The van der Waals surface area contributed by atoms with Gasteiger partial charge in [0.2, 0.25) is 0 Å². The van der Waals surface area contributed by atoms with E-state index < -0.39 is 0 Å².